The molecule has 1 N–H and O–H groups in total. The SMILES string of the molecule is COC1CCCC(Nc2ccc(Br)c3ccccc23)C1. The molecular weight excluding hydrogens is 314 g/mol. The Morgan fingerprint density at radius 1 is 1.10 bits per heavy atom. The van der Waals surface area contributed by atoms with Crippen molar-refractivity contribution in [3.05, 3.63) is 40.9 Å². The summed E-state index contributed by atoms with van der Waals surface area (Å²) < 4.78 is 6.67. The number of methoxy groups -OCH3 is 1. The molecule has 0 heterocycles. The van der Waals surface area contributed by atoms with Crippen LogP contribution in [0, 0.1) is 0 Å². The summed E-state index contributed by atoms with van der Waals surface area (Å²) in [5, 5.41) is 6.25. The minimum absolute atomic E-state index is 0.406. The van der Waals surface area contributed by atoms with Gasteiger partial charge in [-0.25, -0.2) is 0 Å². The maximum absolute atomic E-state index is 5.52. The average molecular weight is 334 g/mol. The summed E-state index contributed by atoms with van der Waals surface area (Å²) in [6, 6.07) is 13.3. The van der Waals surface area contributed by atoms with Crippen LogP contribution in [0.1, 0.15) is 25.7 Å². The van der Waals surface area contributed by atoms with E-state index in [0.717, 1.165) is 10.9 Å². The van der Waals surface area contributed by atoms with Crippen molar-refractivity contribution in [2.45, 2.75) is 37.8 Å². The Morgan fingerprint density at radius 3 is 2.70 bits per heavy atom. The molecule has 1 aliphatic rings. The molecular formula is C17H20BrNO. The molecule has 20 heavy (non-hydrogen) atoms. The molecule has 106 valence electrons. The van der Waals surface area contributed by atoms with Crippen molar-refractivity contribution in [1.82, 2.24) is 0 Å². The van der Waals surface area contributed by atoms with Gasteiger partial charge in [-0.15, -0.1) is 0 Å². The van der Waals surface area contributed by atoms with E-state index < -0.39 is 0 Å². The summed E-state index contributed by atoms with van der Waals surface area (Å²) in [5.74, 6) is 0. The van der Waals surface area contributed by atoms with Crippen molar-refractivity contribution in [3.63, 3.8) is 0 Å². The number of hydrogen-bond donors (Lipinski definition) is 1. The molecule has 1 saturated carbocycles. The van der Waals surface area contributed by atoms with Crippen molar-refractivity contribution in [2.24, 2.45) is 0 Å². The van der Waals surface area contributed by atoms with Gasteiger partial charge < -0.3 is 10.1 Å². The van der Waals surface area contributed by atoms with E-state index in [1.807, 2.05) is 7.11 Å². The van der Waals surface area contributed by atoms with Gasteiger partial charge >= 0.3 is 0 Å². The quantitative estimate of drug-likeness (QED) is 0.855. The number of fused-ring (bicyclic) bond motifs is 1. The molecule has 2 atom stereocenters. The van der Waals surface area contributed by atoms with E-state index >= 15 is 0 Å². The molecule has 0 aromatic heterocycles. The molecule has 1 aliphatic carbocycles. The third-order valence-corrected chi connectivity index (χ3v) is 4.88. The molecule has 0 aliphatic heterocycles. The maximum atomic E-state index is 5.52. The van der Waals surface area contributed by atoms with E-state index in [1.165, 1.54) is 35.7 Å². The highest BCUT2D eigenvalue weighted by Gasteiger charge is 2.21. The molecule has 0 saturated heterocycles. The second kappa shape index (κ2) is 6.15. The zero-order chi connectivity index (χ0) is 13.9. The van der Waals surface area contributed by atoms with Gasteiger partial charge in [0.25, 0.3) is 0 Å². The van der Waals surface area contributed by atoms with Crippen LogP contribution in [0.25, 0.3) is 10.8 Å². The van der Waals surface area contributed by atoms with Gasteiger partial charge in [0.15, 0.2) is 0 Å². The van der Waals surface area contributed by atoms with Crippen molar-refractivity contribution in [1.29, 1.82) is 0 Å². The van der Waals surface area contributed by atoms with Crippen LogP contribution in [0.5, 0.6) is 0 Å². The summed E-state index contributed by atoms with van der Waals surface area (Å²) in [4.78, 5) is 0. The third-order valence-electron chi connectivity index (χ3n) is 4.19. The van der Waals surface area contributed by atoms with Crippen molar-refractivity contribution < 1.29 is 4.74 Å². The zero-order valence-corrected chi connectivity index (χ0v) is 13.3. The highest BCUT2D eigenvalue weighted by molar-refractivity contribution is 9.10. The fourth-order valence-electron chi connectivity index (χ4n) is 3.10. The lowest BCUT2D eigenvalue weighted by Crippen LogP contribution is -2.31. The first-order valence-electron chi connectivity index (χ1n) is 7.24. The fourth-order valence-corrected chi connectivity index (χ4v) is 3.58. The van der Waals surface area contributed by atoms with Crippen LogP contribution >= 0.6 is 15.9 Å². The molecule has 3 heteroatoms. The molecule has 2 unspecified atom stereocenters. The van der Waals surface area contributed by atoms with E-state index in [9.17, 15) is 0 Å². The molecule has 0 bridgehead atoms. The highest BCUT2D eigenvalue weighted by Crippen LogP contribution is 2.32. The third kappa shape index (κ3) is 2.84. The number of nitrogens with one attached hydrogen (secondary N) is 1. The molecule has 0 spiro atoms. The first-order chi connectivity index (χ1) is 9.78. The molecule has 1 fully saturated rings. The topological polar surface area (TPSA) is 21.3 Å². The van der Waals surface area contributed by atoms with Gasteiger partial charge in [0.05, 0.1) is 6.10 Å². The van der Waals surface area contributed by atoms with E-state index in [1.54, 1.807) is 0 Å². The summed E-state index contributed by atoms with van der Waals surface area (Å²) in [5.41, 5.74) is 1.23. The van der Waals surface area contributed by atoms with E-state index in [0.29, 0.717) is 12.1 Å². The number of benzene rings is 2. The minimum atomic E-state index is 0.406. The van der Waals surface area contributed by atoms with Gasteiger partial charge in [-0.3, -0.25) is 0 Å². The van der Waals surface area contributed by atoms with Crippen LogP contribution in [0.4, 0.5) is 5.69 Å². The van der Waals surface area contributed by atoms with Crippen LogP contribution in [-0.4, -0.2) is 19.3 Å². The van der Waals surface area contributed by atoms with Gasteiger partial charge in [0, 0.05) is 28.7 Å². The Bertz CT molecular complexity index is 599. The summed E-state index contributed by atoms with van der Waals surface area (Å²) in [7, 11) is 1.82. The molecule has 2 nitrogen and oxygen atoms in total. The Labute approximate surface area is 128 Å². The maximum Gasteiger partial charge on any atom is 0.0590 e. The predicted octanol–water partition coefficient (Wildman–Crippen LogP) is 4.97. The van der Waals surface area contributed by atoms with E-state index in [-0.39, 0.29) is 0 Å². The van der Waals surface area contributed by atoms with Crippen molar-refractivity contribution in [2.75, 3.05) is 12.4 Å². The second-order valence-electron chi connectivity index (χ2n) is 5.51. The summed E-state index contributed by atoms with van der Waals surface area (Å²) in [6.45, 7) is 0. The van der Waals surface area contributed by atoms with Crippen LogP contribution in [0.2, 0.25) is 0 Å². The van der Waals surface area contributed by atoms with Crippen LogP contribution in [0.15, 0.2) is 40.9 Å². The Kier molecular flexibility index (Phi) is 4.27. The van der Waals surface area contributed by atoms with Gasteiger partial charge in [0.2, 0.25) is 0 Å². The van der Waals surface area contributed by atoms with E-state index in [2.05, 4.69) is 57.6 Å². The first kappa shape index (κ1) is 13.9. The van der Waals surface area contributed by atoms with Crippen LogP contribution in [0.3, 0.4) is 0 Å². The van der Waals surface area contributed by atoms with Crippen LogP contribution < -0.4 is 5.32 Å². The van der Waals surface area contributed by atoms with E-state index in [4.69, 9.17) is 4.74 Å². The highest BCUT2D eigenvalue weighted by atomic mass is 79.9. The largest absolute Gasteiger partial charge is 0.382 e. The van der Waals surface area contributed by atoms with Gasteiger partial charge in [-0.05, 0) is 43.2 Å². The monoisotopic (exact) mass is 333 g/mol. The molecule has 3 rings (SSSR count). The standard InChI is InChI=1S/C17H20BrNO/c1-20-13-6-4-5-12(11-13)19-17-10-9-16(18)14-7-2-3-8-15(14)17/h2-3,7-10,12-13,19H,4-6,11H2,1H3. The number of rotatable bonds is 3. The molecule has 2 aromatic rings. The fraction of sp³-hybridized carbons (Fsp3) is 0.412. The molecule has 0 amide bonds. The van der Waals surface area contributed by atoms with Gasteiger partial charge in [0.1, 0.15) is 0 Å². The Hall–Kier alpha value is -1.06. The van der Waals surface area contributed by atoms with Gasteiger partial charge in [-0.1, -0.05) is 40.2 Å². The summed E-state index contributed by atoms with van der Waals surface area (Å²) >= 11 is 3.63. The smallest absolute Gasteiger partial charge is 0.0590 e. The lowest BCUT2D eigenvalue weighted by Gasteiger charge is -2.30. The number of hydrogen-bond acceptors (Lipinski definition) is 2. The number of halogens is 1. The minimum Gasteiger partial charge on any atom is -0.382 e. The summed E-state index contributed by atoms with van der Waals surface area (Å²) in [6.07, 6.45) is 5.16. The number of anilines is 1. The second-order valence-corrected chi connectivity index (χ2v) is 6.36. The first-order valence-corrected chi connectivity index (χ1v) is 8.04. The van der Waals surface area contributed by atoms with Gasteiger partial charge in [-0.2, -0.15) is 0 Å². The average Bonchev–Trinajstić information content (AvgIpc) is 2.51. The molecule has 2 aromatic carbocycles. The Balaban J connectivity index is 1.86. The van der Waals surface area contributed by atoms with Crippen molar-refractivity contribution in [3.8, 4) is 0 Å². The predicted molar refractivity (Wildman–Crippen MR) is 88.3 cm³/mol. The normalized spacial score (nSPS) is 22.9. The lowest BCUT2D eigenvalue weighted by molar-refractivity contribution is 0.0669. The van der Waals surface area contributed by atoms with Crippen LogP contribution in [-0.2, 0) is 4.74 Å². The van der Waals surface area contributed by atoms with Crippen molar-refractivity contribution >= 4 is 32.4 Å². The number of ether oxygens (including phenoxy) is 1. The Morgan fingerprint density at radius 2 is 1.90 bits per heavy atom. The zero-order valence-electron chi connectivity index (χ0n) is 11.7. The molecule has 0 radical (unpaired) electrons. The lowest BCUT2D eigenvalue weighted by atomic mass is 9.92.